The molecule has 2 aliphatic rings. The van der Waals surface area contributed by atoms with E-state index in [1.807, 2.05) is 0 Å². The van der Waals surface area contributed by atoms with E-state index in [-0.39, 0.29) is 24.5 Å². The maximum atomic E-state index is 14.0. The number of esters is 1. The molecule has 1 aliphatic heterocycles. The van der Waals surface area contributed by atoms with Crippen molar-refractivity contribution in [2.45, 2.75) is 63.7 Å². The standard InChI is InChI=1S/C26H27F3N4O3S/c1-2-36-25(35)22-16-11-7-4-8-12-19(16)37-24(22)31-23(34)18-14-21-30-17(15-9-5-3-6-10-15)13-20(26(27,28)29)33(21)32-18/h3,5-6,9-10,14,17,20,30H,2,4,7-8,11-13H2,1H3,(H,31,34). The van der Waals surface area contributed by atoms with Crippen molar-refractivity contribution in [2.75, 3.05) is 17.2 Å². The number of rotatable bonds is 5. The van der Waals surface area contributed by atoms with Crippen LogP contribution in [0.2, 0.25) is 0 Å². The fourth-order valence-corrected chi connectivity index (χ4v) is 6.28. The fourth-order valence-electron chi connectivity index (χ4n) is 5.01. The Balaban J connectivity index is 1.46. The summed E-state index contributed by atoms with van der Waals surface area (Å²) in [5.74, 6) is -1.08. The smallest absolute Gasteiger partial charge is 0.410 e. The average Bonchev–Trinajstić information content (AvgIpc) is 3.37. The van der Waals surface area contributed by atoms with Crippen molar-refractivity contribution in [1.29, 1.82) is 0 Å². The van der Waals surface area contributed by atoms with Crippen LogP contribution in [-0.4, -0.2) is 34.4 Å². The van der Waals surface area contributed by atoms with Gasteiger partial charge in [-0.1, -0.05) is 36.8 Å². The van der Waals surface area contributed by atoms with Gasteiger partial charge in [0.15, 0.2) is 11.7 Å². The summed E-state index contributed by atoms with van der Waals surface area (Å²) in [4.78, 5) is 27.0. The van der Waals surface area contributed by atoms with Crippen LogP contribution >= 0.6 is 11.3 Å². The number of carbonyl (C=O) groups is 2. The highest BCUT2D eigenvalue weighted by molar-refractivity contribution is 7.17. The summed E-state index contributed by atoms with van der Waals surface area (Å²) in [7, 11) is 0. The SMILES string of the molecule is CCOC(=O)c1c(NC(=O)c2cc3n(n2)C(C(F)(F)F)CC(c2ccccc2)N3)sc2c1CCCCC2. The Labute approximate surface area is 216 Å². The maximum absolute atomic E-state index is 14.0. The minimum absolute atomic E-state index is 0.111. The topological polar surface area (TPSA) is 85.2 Å². The lowest BCUT2D eigenvalue weighted by Crippen LogP contribution is -2.35. The number of anilines is 2. The van der Waals surface area contributed by atoms with E-state index in [1.165, 1.54) is 17.4 Å². The maximum Gasteiger partial charge on any atom is 0.410 e. The lowest BCUT2D eigenvalue weighted by molar-refractivity contribution is -0.173. The molecular formula is C26H27F3N4O3S. The molecule has 2 atom stereocenters. The highest BCUT2D eigenvalue weighted by Crippen LogP contribution is 2.44. The third kappa shape index (κ3) is 5.09. The molecule has 11 heteroatoms. The van der Waals surface area contributed by atoms with E-state index < -0.39 is 30.1 Å². The van der Waals surface area contributed by atoms with E-state index in [9.17, 15) is 22.8 Å². The van der Waals surface area contributed by atoms with Crippen LogP contribution in [0, 0.1) is 0 Å². The molecule has 1 aromatic carbocycles. The Morgan fingerprint density at radius 1 is 1.19 bits per heavy atom. The van der Waals surface area contributed by atoms with Gasteiger partial charge in [-0.15, -0.1) is 11.3 Å². The van der Waals surface area contributed by atoms with Gasteiger partial charge in [0.25, 0.3) is 5.91 Å². The first kappa shape index (κ1) is 25.3. The fraction of sp³-hybridized carbons (Fsp3) is 0.423. The molecule has 0 radical (unpaired) electrons. The summed E-state index contributed by atoms with van der Waals surface area (Å²) < 4.78 is 48.1. The largest absolute Gasteiger partial charge is 0.462 e. The first-order valence-corrected chi connectivity index (χ1v) is 13.2. The van der Waals surface area contributed by atoms with Crippen LogP contribution < -0.4 is 10.6 Å². The van der Waals surface area contributed by atoms with Gasteiger partial charge in [0.05, 0.1) is 18.2 Å². The monoisotopic (exact) mass is 532 g/mol. The molecule has 2 unspecified atom stereocenters. The molecule has 0 saturated carbocycles. The minimum atomic E-state index is -4.55. The predicted octanol–water partition coefficient (Wildman–Crippen LogP) is 6.30. The van der Waals surface area contributed by atoms with Crippen molar-refractivity contribution >= 4 is 34.0 Å². The number of benzene rings is 1. The number of halogens is 3. The number of nitrogens with one attached hydrogen (secondary N) is 2. The number of carbonyl (C=O) groups excluding carboxylic acids is 2. The van der Waals surface area contributed by atoms with Gasteiger partial charge in [-0.25, -0.2) is 9.48 Å². The van der Waals surface area contributed by atoms with Gasteiger partial charge in [0.2, 0.25) is 0 Å². The highest BCUT2D eigenvalue weighted by atomic mass is 32.1. The number of thiophene rings is 1. The van der Waals surface area contributed by atoms with Gasteiger partial charge in [-0.05, 0) is 43.7 Å². The number of fused-ring (bicyclic) bond motifs is 2. The molecule has 3 heterocycles. The number of aromatic nitrogens is 2. The third-order valence-corrected chi connectivity index (χ3v) is 7.96. The van der Waals surface area contributed by atoms with E-state index in [0.717, 1.165) is 46.4 Å². The lowest BCUT2D eigenvalue weighted by Gasteiger charge is -2.33. The van der Waals surface area contributed by atoms with Crippen LogP contribution in [0.3, 0.4) is 0 Å². The molecule has 0 spiro atoms. The molecule has 2 aromatic heterocycles. The molecule has 2 N–H and O–H groups in total. The minimum Gasteiger partial charge on any atom is -0.462 e. The Morgan fingerprint density at radius 2 is 1.95 bits per heavy atom. The van der Waals surface area contributed by atoms with Crippen molar-refractivity contribution < 1.29 is 27.5 Å². The van der Waals surface area contributed by atoms with E-state index in [1.54, 1.807) is 37.3 Å². The van der Waals surface area contributed by atoms with Crippen molar-refractivity contribution in [3.63, 3.8) is 0 Å². The molecule has 0 bridgehead atoms. The van der Waals surface area contributed by atoms with Crippen molar-refractivity contribution in [2.24, 2.45) is 0 Å². The highest BCUT2D eigenvalue weighted by Gasteiger charge is 2.47. The Morgan fingerprint density at radius 3 is 2.68 bits per heavy atom. The molecule has 196 valence electrons. The number of nitrogens with zero attached hydrogens (tertiary/aromatic N) is 2. The first-order valence-electron chi connectivity index (χ1n) is 12.4. The number of aryl methyl sites for hydroxylation is 1. The zero-order valence-corrected chi connectivity index (χ0v) is 21.0. The van der Waals surface area contributed by atoms with Gasteiger partial charge < -0.3 is 15.4 Å². The van der Waals surface area contributed by atoms with Crippen LogP contribution in [0.25, 0.3) is 0 Å². The Hall–Kier alpha value is -3.34. The zero-order valence-electron chi connectivity index (χ0n) is 20.2. The van der Waals surface area contributed by atoms with Gasteiger partial charge in [0.1, 0.15) is 10.8 Å². The molecule has 0 fully saturated rings. The van der Waals surface area contributed by atoms with Gasteiger partial charge >= 0.3 is 12.1 Å². The number of amides is 1. The van der Waals surface area contributed by atoms with E-state index in [4.69, 9.17) is 4.74 Å². The van der Waals surface area contributed by atoms with E-state index in [0.29, 0.717) is 17.0 Å². The molecule has 0 saturated heterocycles. The van der Waals surface area contributed by atoms with Gasteiger partial charge in [0, 0.05) is 17.4 Å². The summed E-state index contributed by atoms with van der Waals surface area (Å²) in [6, 6.07) is 7.73. The number of ether oxygens (including phenoxy) is 1. The Kier molecular flexibility index (Phi) is 6.98. The number of hydrogen-bond acceptors (Lipinski definition) is 6. The van der Waals surface area contributed by atoms with Crippen LogP contribution in [0.4, 0.5) is 24.0 Å². The quantitative estimate of drug-likeness (QED) is 0.297. The van der Waals surface area contributed by atoms with Crippen LogP contribution in [0.5, 0.6) is 0 Å². The van der Waals surface area contributed by atoms with Crippen molar-refractivity contribution in [3.05, 3.63) is 63.7 Å². The summed E-state index contributed by atoms with van der Waals surface area (Å²) in [6.07, 6.45) is -0.303. The summed E-state index contributed by atoms with van der Waals surface area (Å²) in [5.41, 5.74) is 1.79. The molecule has 1 aliphatic carbocycles. The van der Waals surface area contributed by atoms with Crippen molar-refractivity contribution in [1.82, 2.24) is 9.78 Å². The molecule has 5 rings (SSSR count). The van der Waals surface area contributed by atoms with Gasteiger partial charge in [-0.3, -0.25) is 4.79 Å². The second-order valence-electron chi connectivity index (χ2n) is 9.20. The van der Waals surface area contributed by atoms with E-state index in [2.05, 4.69) is 15.7 Å². The van der Waals surface area contributed by atoms with Crippen molar-refractivity contribution in [3.8, 4) is 0 Å². The summed E-state index contributed by atoms with van der Waals surface area (Å²) in [5, 5.41) is 10.2. The lowest BCUT2D eigenvalue weighted by atomic mass is 9.97. The third-order valence-electron chi connectivity index (χ3n) is 6.75. The second-order valence-corrected chi connectivity index (χ2v) is 10.3. The Bertz CT molecular complexity index is 1300. The van der Waals surface area contributed by atoms with Gasteiger partial charge in [-0.2, -0.15) is 18.3 Å². The summed E-state index contributed by atoms with van der Waals surface area (Å²) in [6.45, 7) is 1.90. The van der Waals surface area contributed by atoms with Crippen LogP contribution in [0.15, 0.2) is 36.4 Å². The van der Waals surface area contributed by atoms with Crippen LogP contribution in [0.1, 0.15) is 81.5 Å². The number of alkyl halides is 3. The molecular weight excluding hydrogens is 505 g/mol. The summed E-state index contributed by atoms with van der Waals surface area (Å²) >= 11 is 1.33. The second kappa shape index (κ2) is 10.2. The van der Waals surface area contributed by atoms with E-state index >= 15 is 0 Å². The molecule has 3 aromatic rings. The zero-order chi connectivity index (χ0) is 26.2. The molecule has 1 amide bonds. The molecule has 7 nitrogen and oxygen atoms in total. The average molecular weight is 533 g/mol. The molecule has 37 heavy (non-hydrogen) atoms. The number of hydrogen-bond donors (Lipinski definition) is 2. The normalized spacial score (nSPS) is 19.2. The predicted molar refractivity (Wildman–Crippen MR) is 134 cm³/mol. The van der Waals surface area contributed by atoms with Crippen LogP contribution in [-0.2, 0) is 17.6 Å². The first-order chi connectivity index (χ1) is 17.8.